The van der Waals surface area contributed by atoms with Gasteiger partial charge in [0.05, 0.1) is 17.6 Å². The summed E-state index contributed by atoms with van der Waals surface area (Å²) >= 11 is 1.33. The number of nitrogens with zero attached hydrogens (tertiary/aromatic N) is 2. The average Bonchev–Trinajstić information content (AvgIpc) is 3.37. The second kappa shape index (κ2) is 6.60. The van der Waals surface area contributed by atoms with Gasteiger partial charge in [0.25, 0.3) is 0 Å². The highest BCUT2D eigenvalue weighted by Crippen LogP contribution is 2.30. The minimum Gasteiger partial charge on any atom is -0.310 e. The lowest BCUT2D eigenvalue weighted by molar-refractivity contribution is -0.117. The fourth-order valence-electron chi connectivity index (χ4n) is 2.49. The molecule has 6 nitrogen and oxygen atoms in total. The van der Waals surface area contributed by atoms with Crippen LogP contribution in [0.3, 0.4) is 0 Å². The highest BCUT2D eigenvalue weighted by atomic mass is 32.1. The zero-order chi connectivity index (χ0) is 17.2. The summed E-state index contributed by atoms with van der Waals surface area (Å²) < 4.78 is 0. The molecule has 0 saturated heterocycles. The molecule has 2 heterocycles. The van der Waals surface area contributed by atoms with Gasteiger partial charge in [-0.2, -0.15) is 0 Å². The lowest BCUT2D eigenvalue weighted by Gasteiger charge is -2.04. The van der Waals surface area contributed by atoms with Crippen molar-refractivity contribution in [1.29, 1.82) is 0 Å². The van der Waals surface area contributed by atoms with Gasteiger partial charge in [0.1, 0.15) is 5.82 Å². The Balaban J connectivity index is 1.37. The topological polar surface area (TPSA) is 84.0 Å². The summed E-state index contributed by atoms with van der Waals surface area (Å²) in [7, 11) is 0. The zero-order valence-corrected chi connectivity index (χ0v) is 14.2. The monoisotopic (exact) mass is 352 g/mol. The average molecular weight is 352 g/mol. The molecule has 0 unspecified atom stereocenters. The zero-order valence-electron chi connectivity index (χ0n) is 13.4. The predicted molar refractivity (Wildman–Crippen MR) is 97.5 cm³/mol. The van der Waals surface area contributed by atoms with Crippen LogP contribution in [0.4, 0.5) is 10.9 Å². The maximum Gasteiger partial charge on any atom is 0.231 e. The molecule has 2 amide bonds. The van der Waals surface area contributed by atoms with E-state index in [4.69, 9.17) is 0 Å². The highest BCUT2D eigenvalue weighted by Gasteiger charge is 2.30. The van der Waals surface area contributed by atoms with E-state index in [2.05, 4.69) is 20.6 Å². The second-order valence-electron chi connectivity index (χ2n) is 6.02. The van der Waals surface area contributed by atoms with E-state index in [1.165, 1.54) is 11.3 Å². The van der Waals surface area contributed by atoms with E-state index in [1.54, 1.807) is 11.4 Å². The fourth-order valence-corrected chi connectivity index (χ4v) is 3.20. The summed E-state index contributed by atoms with van der Waals surface area (Å²) in [5, 5.41) is 8.94. The molecule has 126 valence electrons. The molecule has 0 radical (unpaired) electrons. The molecular weight excluding hydrogens is 336 g/mol. The summed E-state index contributed by atoms with van der Waals surface area (Å²) in [5.74, 6) is 0.481. The number of aromatic nitrogens is 2. The first kappa shape index (κ1) is 15.7. The minimum absolute atomic E-state index is 0.0192. The second-order valence-corrected chi connectivity index (χ2v) is 6.88. The summed E-state index contributed by atoms with van der Waals surface area (Å²) in [6.45, 7) is 0. The van der Waals surface area contributed by atoms with Gasteiger partial charge >= 0.3 is 0 Å². The third-order valence-electron chi connectivity index (χ3n) is 3.94. The Labute approximate surface area is 148 Å². The van der Waals surface area contributed by atoms with E-state index in [0.29, 0.717) is 16.6 Å². The fraction of sp³-hybridized carbons (Fsp3) is 0.222. The highest BCUT2D eigenvalue weighted by molar-refractivity contribution is 7.13. The smallest absolute Gasteiger partial charge is 0.231 e. The summed E-state index contributed by atoms with van der Waals surface area (Å²) in [5.41, 5.74) is 1.47. The van der Waals surface area contributed by atoms with E-state index in [1.807, 2.05) is 30.3 Å². The Morgan fingerprint density at radius 3 is 2.76 bits per heavy atom. The molecule has 1 aromatic carbocycles. The molecule has 0 atom stereocenters. The van der Waals surface area contributed by atoms with Crippen LogP contribution in [0.1, 0.15) is 18.5 Å². The summed E-state index contributed by atoms with van der Waals surface area (Å²) in [4.78, 5) is 32.6. The Kier molecular flexibility index (Phi) is 4.15. The number of fused-ring (bicyclic) bond motifs is 1. The van der Waals surface area contributed by atoms with Gasteiger partial charge in [0.15, 0.2) is 5.13 Å². The summed E-state index contributed by atoms with van der Waals surface area (Å²) in [6, 6.07) is 11.4. The van der Waals surface area contributed by atoms with Gasteiger partial charge < -0.3 is 10.6 Å². The van der Waals surface area contributed by atoms with Crippen molar-refractivity contribution in [2.75, 3.05) is 10.6 Å². The Morgan fingerprint density at radius 2 is 1.92 bits per heavy atom. The van der Waals surface area contributed by atoms with Crippen LogP contribution in [-0.4, -0.2) is 21.8 Å². The van der Waals surface area contributed by atoms with Crippen LogP contribution in [0.2, 0.25) is 0 Å². The number of carbonyl (C=O) groups excluding carboxylic acids is 2. The van der Waals surface area contributed by atoms with E-state index in [-0.39, 0.29) is 24.2 Å². The molecule has 2 N–H and O–H groups in total. The Bertz CT molecular complexity index is 949. The van der Waals surface area contributed by atoms with Crippen molar-refractivity contribution in [2.45, 2.75) is 19.3 Å². The van der Waals surface area contributed by atoms with Gasteiger partial charge in [-0.1, -0.05) is 18.2 Å². The standard InChI is InChI=1S/C18H16N4O2S/c23-16(21-15-8-7-11-3-1-2-4-14(11)20-15)9-13-10-25-18(19-13)22-17(24)12-5-6-12/h1-4,7-8,10,12H,5-6,9H2,(H,19,22,24)(H,20,21,23). The Morgan fingerprint density at radius 1 is 1.08 bits per heavy atom. The van der Waals surface area contributed by atoms with Crippen molar-refractivity contribution in [2.24, 2.45) is 5.92 Å². The van der Waals surface area contributed by atoms with E-state index in [0.717, 1.165) is 23.7 Å². The number of hydrogen-bond donors (Lipinski definition) is 2. The van der Waals surface area contributed by atoms with Crippen molar-refractivity contribution in [1.82, 2.24) is 9.97 Å². The van der Waals surface area contributed by atoms with Gasteiger partial charge in [-0.05, 0) is 31.0 Å². The minimum atomic E-state index is -0.187. The number of thiazole rings is 1. The third-order valence-corrected chi connectivity index (χ3v) is 4.74. The van der Waals surface area contributed by atoms with Crippen LogP contribution in [-0.2, 0) is 16.0 Å². The van der Waals surface area contributed by atoms with E-state index < -0.39 is 0 Å². The lowest BCUT2D eigenvalue weighted by Crippen LogP contribution is -2.16. The first-order chi connectivity index (χ1) is 12.2. The predicted octanol–water partition coefficient (Wildman–Crippen LogP) is 3.22. The molecule has 2 aromatic heterocycles. The van der Waals surface area contributed by atoms with Crippen LogP contribution in [0.15, 0.2) is 41.8 Å². The number of hydrogen-bond acceptors (Lipinski definition) is 5. The van der Waals surface area contributed by atoms with Gasteiger partial charge in [-0.15, -0.1) is 11.3 Å². The van der Waals surface area contributed by atoms with Crippen LogP contribution >= 0.6 is 11.3 Å². The molecule has 4 rings (SSSR count). The molecule has 0 bridgehead atoms. The van der Waals surface area contributed by atoms with Gasteiger partial charge in [0.2, 0.25) is 11.8 Å². The first-order valence-electron chi connectivity index (χ1n) is 8.08. The Hall–Kier alpha value is -2.80. The number of rotatable bonds is 5. The number of pyridine rings is 1. The quantitative estimate of drug-likeness (QED) is 0.738. The van der Waals surface area contributed by atoms with Crippen molar-refractivity contribution in [3.05, 3.63) is 47.5 Å². The number of anilines is 2. The van der Waals surface area contributed by atoms with Crippen LogP contribution < -0.4 is 10.6 Å². The largest absolute Gasteiger partial charge is 0.310 e. The van der Waals surface area contributed by atoms with Crippen LogP contribution in [0.5, 0.6) is 0 Å². The number of carbonyl (C=O) groups is 2. The van der Waals surface area contributed by atoms with Gasteiger partial charge in [0, 0.05) is 16.7 Å². The number of amides is 2. The van der Waals surface area contributed by atoms with E-state index in [9.17, 15) is 9.59 Å². The van der Waals surface area contributed by atoms with Gasteiger partial charge in [-0.3, -0.25) is 9.59 Å². The molecule has 7 heteroatoms. The van der Waals surface area contributed by atoms with Crippen molar-refractivity contribution in [3.8, 4) is 0 Å². The molecule has 0 aliphatic heterocycles. The maximum atomic E-state index is 12.2. The van der Waals surface area contributed by atoms with Crippen molar-refractivity contribution in [3.63, 3.8) is 0 Å². The normalized spacial score (nSPS) is 13.6. The maximum absolute atomic E-state index is 12.2. The van der Waals surface area contributed by atoms with Crippen LogP contribution in [0, 0.1) is 5.92 Å². The molecular formula is C18H16N4O2S. The van der Waals surface area contributed by atoms with Crippen molar-refractivity contribution >= 4 is 45.0 Å². The molecule has 25 heavy (non-hydrogen) atoms. The SMILES string of the molecule is O=C(Cc1csc(NC(=O)C2CC2)n1)Nc1ccc2ccccc2n1. The van der Waals surface area contributed by atoms with Crippen LogP contribution in [0.25, 0.3) is 10.9 Å². The van der Waals surface area contributed by atoms with Crippen molar-refractivity contribution < 1.29 is 9.59 Å². The lowest BCUT2D eigenvalue weighted by atomic mass is 10.2. The third kappa shape index (κ3) is 3.83. The molecule has 3 aromatic rings. The number of nitrogens with one attached hydrogen (secondary N) is 2. The molecule has 0 spiro atoms. The molecule has 1 aliphatic rings. The number of benzene rings is 1. The van der Waals surface area contributed by atoms with E-state index >= 15 is 0 Å². The summed E-state index contributed by atoms with van der Waals surface area (Å²) in [6.07, 6.45) is 2.04. The number of para-hydroxylation sites is 1. The molecule has 1 saturated carbocycles. The molecule has 1 aliphatic carbocycles. The molecule has 1 fully saturated rings. The first-order valence-corrected chi connectivity index (χ1v) is 8.96. The van der Waals surface area contributed by atoms with Gasteiger partial charge in [-0.25, -0.2) is 9.97 Å².